The van der Waals surface area contributed by atoms with Gasteiger partial charge in [0.2, 0.25) is 0 Å². The molecule has 0 bridgehead atoms. The summed E-state index contributed by atoms with van der Waals surface area (Å²) in [6, 6.07) is 6.36. The second-order valence-corrected chi connectivity index (χ2v) is 6.94. The second kappa shape index (κ2) is 5.64. The van der Waals surface area contributed by atoms with E-state index >= 15 is 0 Å². The first-order valence-electron chi connectivity index (χ1n) is 7.34. The average molecular weight is 261 g/mol. The van der Waals surface area contributed by atoms with Crippen molar-refractivity contribution in [1.29, 1.82) is 0 Å². The molecule has 2 heteroatoms. The van der Waals surface area contributed by atoms with Gasteiger partial charge < -0.3 is 5.11 Å². The van der Waals surface area contributed by atoms with Crippen LogP contribution in [0.2, 0.25) is 0 Å². The van der Waals surface area contributed by atoms with Gasteiger partial charge in [-0.1, -0.05) is 43.2 Å². The molecular formula is C17H27NO. The number of rotatable bonds is 3. The maximum Gasteiger partial charge on any atom is 0.0917 e. The molecule has 1 aliphatic rings. The lowest BCUT2D eigenvalue weighted by Gasteiger charge is -2.39. The van der Waals surface area contributed by atoms with E-state index < -0.39 is 0 Å². The zero-order chi connectivity index (χ0) is 14.0. The number of β-amino-alcohol motifs (C(OH)–C–C–N with tert-alkyl or cyclic N) is 1. The third-order valence-electron chi connectivity index (χ3n) is 4.04. The number of hydrogen-bond acceptors (Lipinski definition) is 2. The van der Waals surface area contributed by atoms with E-state index in [9.17, 15) is 5.11 Å². The Hall–Kier alpha value is -0.860. The van der Waals surface area contributed by atoms with E-state index in [2.05, 4.69) is 50.8 Å². The summed E-state index contributed by atoms with van der Waals surface area (Å²) in [5, 5.41) is 10.5. The first kappa shape index (κ1) is 14.5. The molecule has 1 aliphatic heterocycles. The van der Waals surface area contributed by atoms with Crippen LogP contribution in [0, 0.1) is 19.3 Å². The zero-order valence-electron chi connectivity index (χ0n) is 12.7. The van der Waals surface area contributed by atoms with Gasteiger partial charge in [0.05, 0.1) is 6.10 Å². The van der Waals surface area contributed by atoms with Crippen molar-refractivity contribution in [1.82, 2.24) is 4.90 Å². The highest BCUT2D eigenvalue weighted by atomic mass is 16.3. The summed E-state index contributed by atoms with van der Waals surface area (Å²) in [4.78, 5) is 2.41. The van der Waals surface area contributed by atoms with Gasteiger partial charge in [-0.05, 0) is 44.2 Å². The molecule has 1 aromatic rings. The number of aryl methyl sites for hydroxylation is 2. The number of piperidine rings is 1. The molecule has 1 aromatic carbocycles. The minimum atomic E-state index is -0.368. The molecule has 0 saturated carbocycles. The molecule has 2 nitrogen and oxygen atoms in total. The third kappa shape index (κ3) is 4.05. The lowest BCUT2D eigenvalue weighted by molar-refractivity contribution is 0.0597. The van der Waals surface area contributed by atoms with Crippen LogP contribution in [0.5, 0.6) is 0 Å². The molecule has 1 N–H and O–H groups in total. The molecule has 106 valence electrons. The van der Waals surface area contributed by atoms with E-state index in [0.717, 1.165) is 25.2 Å². The van der Waals surface area contributed by atoms with Gasteiger partial charge in [0, 0.05) is 13.1 Å². The Kier molecular flexibility index (Phi) is 4.32. The molecule has 0 spiro atoms. The SMILES string of the molecule is Cc1cc(C)cc(C(O)CN2CCCC(C)(C)C2)c1. The quantitative estimate of drug-likeness (QED) is 0.900. The predicted molar refractivity (Wildman–Crippen MR) is 80.3 cm³/mol. The monoisotopic (exact) mass is 261 g/mol. The fourth-order valence-corrected chi connectivity index (χ4v) is 3.25. The Morgan fingerprint density at radius 3 is 2.42 bits per heavy atom. The molecule has 2 rings (SSSR count). The van der Waals surface area contributed by atoms with Crippen LogP contribution in [-0.4, -0.2) is 29.6 Å². The van der Waals surface area contributed by atoms with Crippen molar-refractivity contribution in [2.45, 2.75) is 46.6 Å². The smallest absolute Gasteiger partial charge is 0.0917 e. The fourth-order valence-electron chi connectivity index (χ4n) is 3.25. The molecule has 0 amide bonds. The van der Waals surface area contributed by atoms with Crippen LogP contribution in [0.15, 0.2) is 18.2 Å². The molecule has 19 heavy (non-hydrogen) atoms. The molecule has 1 saturated heterocycles. The van der Waals surface area contributed by atoms with Gasteiger partial charge in [-0.25, -0.2) is 0 Å². The number of aliphatic hydroxyl groups excluding tert-OH is 1. The maximum atomic E-state index is 10.5. The first-order valence-corrected chi connectivity index (χ1v) is 7.34. The summed E-state index contributed by atoms with van der Waals surface area (Å²) in [7, 11) is 0. The van der Waals surface area contributed by atoms with Crippen LogP contribution in [0.25, 0.3) is 0 Å². The number of nitrogens with zero attached hydrogens (tertiary/aromatic N) is 1. The Morgan fingerprint density at radius 1 is 1.21 bits per heavy atom. The van der Waals surface area contributed by atoms with Gasteiger partial charge >= 0.3 is 0 Å². The maximum absolute atomic E-state index is 10.5. The van der Waals surface area contributed by atoms with Crippen molar-refractivity contribution in [3.05, 3.63) is 34.9 Å². The summed E-state index contributed by atoms with van der Waals surface area (Å²) in [5.74, 6) is 0. The highest BCUT2D eigenvalue weighted by Crippen LogP contribution is 2.29. The lowest BCUT2D eigenvalue weighted by atomic mass is 9.84. The predicted octanol–water partition coefficient (Wildman–Crippen LogP) is 3.46. The van der Waals surface area contributed by atoms with Crippen molar-refractivity contribution in [3.63, 3.8) is 0 Å². The highest BCUT2D eigenvalue weighted by molar-refractivity contribution is 5.30. The molecule has 0 aromatic heterocycles. The van der Waals surface area contributed by atoms with Crippen LogP contribution >= 0.6 is 0 Å². The number of hydrogen-bond donors (Lipinski definition) is 1. The van der Waals surface area contributed by atoms with E-state index in [1.807, 2.05) is 0 Å². The van der Waals surface area contributed by atoms with Crippen LogP contribution < -0.4 is 0 Å². The van der Waals surface area contributed by atoms with Crippen molar-refractivity contribution >= 4 is 0 Å². The third-order valence-corrected chi connectivity index (χ3v) is 4.04. The molecule has 1 atom stereocenters. The van der Waals surface area contributed by atoms with Gasteiger partial charge in [0.25, 0.3) is 0 Å². The molecular weight excluding hydrogens is 234 g/mol. The van der Waals surface area contributed by atoms with Gasteiger partial charge in [-0.3, -0.25) is 4.90 Å². The molecule has 1 heterocycles. The second-order valence-electron chi connectivity index (χ2n) is 6.94. The summed E-state index contributed by atoms with van der Waals surface area (Å²) < 4.78 is 0. The van der Waals surface area contributed by atoms with Gasteiger partial charge in [0.1, 0.15) is 0 Å². The first-order chi connectivity index (χ1) is 8.85. The largest absolute Gasteiger partial charge is 0.387 e. The van der Waals surface area contributed by atoms with Crippen LogP contribution in [-0.2, 0) is 0 Å². The van der Waals surface area contributed by atoms with E-state index in [1.165, 1.54) is 24.0 Å². The van der Waals surface area contributed by atoms with Crippen molar-refractivity contribution in [3.8, 4) is 0 Å². The van der Waals surface area contributed by atoms with Crippen LogP contribution in [0.1, 0.15) is 49.5 Å². The highest BCUT2D eigenvalue weighted by Gasteiger charge is 2.27. The van der Waals surface area contributed by atoms with Gasteiger partial charge in [-0.15, -0.1) is 0 Å². The van der Waals surface area contributed by atoms with Crippen molar-refractivity contribution in [2.24, 2.45) is 5.41 Å². The lowest BCUT2D eigenvalue weighted by Crippen LogP contribution is -2.41. The Labute approximate surface area is 117 Å². The minimum Gasteiger partial charge on any atom is -0.387 e. The zero-order valence-corrected chi connectivity index (χ0v) is 12.7. The number of aliphatic hydroxyl groups is 1. The van der Waals surface area contributed by atoms with E-state index in [-0.39, 0.29) is 6.10 Å². The van der Waals surface area contributed by atoms with E-state index in [1.54, 1.807) is 0 Å². The number of likely N-dealkylation sites (tertiary alicyclic amines) is 1. The topological polar surface area (TPSA) is 23.5 Å². The molecule has 0 aliphatic carbocycles. The summed E-state index contributed by atoms with van der Waals surface area (Å²) in [6.45, 7) is 11.8. The van der Waals surface area contributed by atoms with Crippen molar-refractivity contribution < 1.29 is 5.11 Å². The molecule has 1 fully saturated rings. The van der Waals surface area contributed by atoms with Gasteiger partial charge in [0.15, 0.2) is 0 Å². The van der Waals surface area contributed by atoms with E-state index in [4.69, 9.17) is 0 Å². The van der Waals surface area contributed by atoms with Crippen LogP contribution in [0.3, 0.4) is 0 Å². The van der Waals surface area contributed by atoms with Gasteiger partial charge in [-0.2, -0.15) is 0 Å². The Morgan fingerprint density at radius 2 is 1.84 bits per heavy atom. The van der Waals surface area contributed by atoms with E-state index in [0.29, 0.717) is 5.41 Å². The number of benzene rings is 1. The Bertz CT molecular complexity index is 419. The summed E-state index contributed by atoms with van der Waals surface area (Å²) >= 11 is 0. The van der Waals surface area contributed by atoms with Crippen LogP contribution in [0.4, 0.5) is 0 Å². The molecule has 1 unspecified atom stereocenters. The molecule has 0 radical (unpaired) electrons. The summed E-state index contributed by atoms with van der Waals surface area (Å²) in [6.07, 6.45) is 2.17. The average Bonchev–Trinajstić information content (AvgIpc) is 2.26. The standard InChI is InChI=1S/C17H27NO/c1-13-8-14(2)10-15(9-13)16(19)11-18-7-5-6-17(3,4)12-18/h8-10,16,19H,5-7,11-12H2,1-4H3. The minimum absolute atomic E-state index is 0.368. The fraction of sp³-hybridized carbons (Fsp3) is 0.647. The summed E-state index contributed by atoms with van der Waals surface area (Å²) in [5.41, 5.74) is 3.91. The Balaban J connectivity index is 2.02. The van der Waals surface area contributed by atoms with Crippen molar-refractivity contribution in [2.75, 3.05) is 19.6 Å². The normalized spacial score (nSPS) is 21.3.